The fourth-order valence-electron chi connectivity index (χ4n) is 3.01. The number of nitrogens with zero attached hydrogens (tertiary/aromatic N) is 1. The summed E-state index contributed by atoms with van der Waals surface area (Å²) < 4.78 is 5.41. The van der Waals surface area contributed by atoms with E-state index in [-0.39, 0.29) is 11.7 Å². The summed E-state index contributed by atoms with van der Waals surface area (Å²) in [5.74, 6) is 1.33. The molecule has 2 aliphatic rings. The first-order chi connectivity index (χ1) is 7.89. The van der Waals surface area contributed by atoms with Crippen molar-refractivity contribution in [3.8, 4) is 0 Å². The van der Waals surface area contributed by atoms with E-state index >= 15 is 0 Å². The topological polar surface area (TPSA) is 41.6 Å². The summed E-state index contributed by atoms with van der Waals surface area (Å²) in [5.41, 5.74) is -0.387. The zero-order valence-electron chi connectivity index (χ0n) is 11.3. The molecule has 2 unspecified atom stereocenters. The Bertz CT molecular complexity index is 284. The lowest BCUT2D eigenvalue weighted by molar-refractivity contribution is 0.0279. The van der Waals surface area contributed by atoms with Gasteiger partial charge in [-0.15, -0.1) is 0 Å². The lowest BCUT2D eigenvalue weighted by Crippen LogP contribution is -2.36. The summed E-state index contributed by atoms with van der Waals surface area (Å²) in [7, 11) is 2.03. The molecule has 0 aromatic rings. The average Bonchev–Trinajstić information content (AvgIpc) is 2.70. The minimum Gasteiger partial charge on any atom is -0.444 e. The smallest absolute Gasteiger partial charge is 0.410 e. The van der Waals surface area contributed by atoms with Crippen LogP contribution >= 0.6 is 0 Å². The van der Waals surface area contributed by atoms with Crippen LogP contribution in [0.25, 0.3) is 0 Å². The fourth-order valence-corrected chi connectivity index (χ4v) is 3.01. The Morgan fingerprint density at radius 1 is 1.24 bits per heavy atom. The third-order valence-electron chi connectivity index (χ3n) is 3.81. The summed E-state index contributed by atoms with van der Waals surface area (Å²) in [6, 6.07) is 0.644. The van der Waals surface area contributed by atoms with Gasteiger partial charge >= 0.3 is 6.09 Å². The zero-order valence-corrected chi connectivity index (χ0v) is 11.3. The van der Waals surface area contributed by atoms with Crippen molar-refractivity contribution in [2.24, 2.45) is 11.8 Å². The average molecular weight is 240 g/mol. The molecule has 1 N–H and O–H groups in total. The molecule has 0 aromatic heterocycles. The number of hydrogen-bond donors (Lipinski definition) is 1. The van der Waals surface area contributed by atoms with Crippen molar-refractivity contribution < 1.29 is 9.53 Å². The number of nitrogens with one attached hydrogen (secondary N) is 1. The zero-order chi connectivity index (χ0) is 12.6. The van der Waals surface area contributed by atoms with Crippen LogP contribution in [0.5, 0.6) is 0 Å². The van der Waals surface area contributed by atoms with Gasteiger partial charge in [-0.2, -0.15) is 0 Å². The highest BCUT2D eigenvalue weighted by atomic mass is 16.6. The van der Waals surface area contributed by atoms with Gasteiger partial charge in [-0.25, -0.2) is 4.79 Å². The predicted molar refractivity (Wildman–Crippen MR) is 66.9 cm³/mol. The minimum absolute atomic E-state index is 0.145. The van der Waals surface area contributed by atoms with Gasteiger partial charge in [0.15, 0.2) is 0 Å². The second kappa shape index (κ2) is 4.48. The van der Waals surface area contributed by atoms with E-state index in [0.717, 1.165) is 13.1 Å². The monoisotopic (exact) mass is 240 g/mol. The number of carbonyl (C=O) groups excluding carboxylic acids is 1. The molecule has 1 aliphatic carbocycles. The molecule has 1 aliphatic heterocycles. The summed E-state index contributed by atoms with van der Waals surface area (Å²) in [4.78, 5) is 13.8. The van der Waals surface area contributed by atoms with Crippen LogP contribution < -0.4 is 5.32 Å². The van der Waals surface area contributed by atoms with Crippen LogP contribution in [-0.2, 0) is 4.74 Å². The number of ether oxygens (including phenoxy) is 1. The van der Waals surface area contributed by atoms with Crippen molar-refractivity contribution in [1.82, 2.24) is 10.2 Å². The molecule has 1 amide bonds. The summed E-state index contributed by atoms with van der Waals surface area (Å²) in [5, 5.41) is 3.34. The second-order valence-electron chi connectivity index (χ2n) is 6.36. The Labute approximate surface area is 104 Å². The molecular formula is C13H24N2O2. The van der Waals surface area contributed by atoms with Crippen LogP contribution in [0.15, 0.2) is 0 Å². The Kier molecular flexibility index (Phi) is 3.34. The molecule has 1 saturated carbocycles. The first-order valence-corrected chi connectivity index (χ1v) is 6.54. The van der Waals surface area contributed by atoms with Gasteiger partial charge in [0.2, 0.25) is 0 Å². The van der Waals surface area contributed by atoms with E-state index in [1.807, 2.05) is 32.7 Å². The number of fused-ring (bicyclic) bond motifs is 1. The number of hydrogen-bond acceptors (Lipinski definition) is 3. The van der Waals surface area contributed by atoms with Gasteiger partial charge < -0.3 is 15.0 Å². The van der Waals surface area contributed by atoms with Crippen molar-refractivity contribution in [1.29, 1.82) is 0 Å². The van der Waals surface area contributed by atoms with Gasteiger partial charge in [-0.05, 0) is 52.5 Å². The molecule has 1 saturated heterocycles. The van der Waals surface area contributed by atoms with Crippen LogP contribution in [0.1, 0.15) is 33.6 Å². The molecule has 0 spiro atoms. The highest BCUT2D eigenvalue weighted by Gasteiger charge is 2.42. The lowest BCUT2D eigenvalue weighted by Gasteiger charge is -2.25. The molecule has 1 heterocycles. The Morgan fingerprint density at radius 3 is 2.18 bits per heavy atom. The van der Waals surface area contributed by atoms with Gasteiger partial charge in [-0.3, -0.25) is 0 Å². The van der Waals surface area contributed by atoms with Crippen LogP contribution in [0.3, 0.4) is 0 Å². The Hall–Kier alpha value is -0.770. The maximum absolute atomic E-state index is 11.9. The Balaban J connectivity index is 1.86. The van der Waals surface area contributed by atoms with Gasteiger partial charge in [-0.1, -0.05) is 0 Å². The van der Waals surface area contributed by atoms with Gasteiger partial charge in [0, 0.05) is 19.1 Å². The van der Waals surface area contributed by atoms with Gasteiger partial charge in [0.1, 0.15) is 5.60 Å². The maximum Gasteiger partial charge on any atom is 0.410 e. The normalized spacial score (nSPS) is 32.7. The number of rotatable bonds is 1. The van der Waals surface area contributed by atoms with Crippen LogP contribution in [0.4, 0.5) is 4.79 Å². The fraction of sp³-hybridized carbons (Fsp3) is 0.923. The van der Waals surface area contributed by atoms with Crippen molar-refractivity contribution in [2.45, 2.75) is 45.3 Å². The largest absolute Gasteiger partial charge is 0.444 e. The molecule has 0 aromatic carbocycles. The van der Waals surface area contributed by atoms with Crippen molar-refractivity contribution >= 4 is 6.09 Å². The molecule has 2 rings (SSSR count). The summed E-state index contributed by atoms with van der Waals surface area (Å²) in [6.45, 7) is 7.49. The highest BCUT2D eigenvalue weighted by molar-refractivity contribution is 5.68. The quantitative estimate of drug-likeness (QED) is 0.760. The van der Waals surface area contributed by atoms with Crippen molar-refractivity contribution in [2.75, 3.05) is 20.1 Å². The number of carbonyl (C=O) groups is 1. The third-order valence-corrected chi connectivity index (χ3v) is 3.81. The van der Waals surface area contributed by atoms with Crippen LogP contribution in [-0.4, -0.2) is 42.8 Å². The summed E-state index contributed by atoms with van der Waals surface area (Å²) in [6.07, 6.45) is 2.24. The van der Waals surface area contributed by atoms with E-state index in [0.29, 0.717) is 17.9 Å². The summed E-state index contributed by atoms with van der Waals surface area (Å²) >= 11 is 0. The van der Waals surface area contributed by atoms with Crippen molar-refractivity contribution in [3.63, 3.8) is 0 Å². The van der Waals surface area contributed by atoms with E-state index < -0.39 is 0 Å². The van der Waals surface area contributed by atoms with E-state index in [9.17, 15) is 4.79 Å². The third kappa shape index (κ3) is 2.92. The van der Waals surface area contributed by atoms with Gasteiger partial charge in [0.25, 0.3) is 0 Å². The van der Waals surface area contributed by atoms with Crippen molar-refractivity contribution in [3.05, 3.63) is 0 Å². The number of likely N-dealkylation sites (tertiary alicyclic amines) is 1. The standard InChI is InChI=1S/C13H24N2O2/c1-13(2,3)17-12(16)15-7-9-5-11(14-4)6-10(9)8-15/h9-11,14H,5-8H2,1-4H3. The molecule has 98 valence electrons. The molecule has 2 atom stereocenters. The molecule has 4 heteroatoms. The van der Waals surface area contributed by atoms with Gasteiger partial charge in [0.05, 0.1) is 0 Å². The first kappa shape index (κ1) is 12.7. The second-order valence-corrected chi connectivity index (χ2v) is 6.36. The van der Waals surface area contributed by atoms with E-state index in [1.165, 1.54) is 12.8 Å². The Morgan fingerprint density at radius 2 is 1.76 bits per heavy atom. The molecule has 17 heavy (non-hydrogen) atoms. The molecule has 0 radical (unpaired) electrons. The SMILES string of the molecule is CNC1CC2CN(C(=O)OC(C)(C)C)CC2C1. The maximum atomic E-state index is 11.9. The minimum atomic E-state index is -0.387. The van der Waals surface area contributed by atoms with E-state index in [1.54, 1.807) is 0 Å². The molecule has 2 fully saturated rings. The first-order valence-electron chi connectivity index (χ1n) is 6.54. The number of amides is 1. The molecular weight excluding hydrogens is 216 g/mol. The predicted octanol–water partition coefficient (Wildman–Crippen LogP) is 1.85. The van der Waals surface area contributed by atoms with E-state index in [2.05, 4.69) is 5.32 Å². The van der Waals surface area contributed by atoms with Crippen LogP contribution in [0.2, 0.25) is 0 Å². The lowest BCUT2D eigenvalue weighted by atomic mass is 10.0. The highest BCUT2D eigenvalue weighted by Crippen LogP contribution is 2.38. The van der Waals surface area contributed by atoms with E-state index in [4.69, 9.17) is 4.74 Å². The van der Waals surface area contributed by atoms with Crippen LogP contribution in [0, 0.1) is 11.8 Å². The molecule has 0 bridgehead atoms. The molecule has 4 nitrogen and oxygen atoms in total.